The number of anilines is 1. The van der Waals surface area contributed by atoms with E-state index in [1.807, 2.05) is 37.3 Å². The average molecular weight is 341 g/mol. The average Bonchev–Trinajstić information content (AvgIpc) is 2.63. The molecule has 0 spiro atoms. The van der Waals surface area contributed by atoms with Crippen LogP contribution >= 0.6 is 0 Å². The van der Waals surface area contributed by atoms with Gasteiger partial charge in [0.25, 0.3) is 5.91 Å². The maximum absolute atomic E-state index is 12.1. The summed E-state index contributed by atoms with van der Waals surface area (Å²) in [5.74, 6) is 1.02. The van der Waals surface area contributed by atoms with Crippen LogP contribution in [0.25, 0.3) is 0 Å². The standard InChI is InChI=1S/C19H23N3O3/c1-13-7-5-6-8-16(13)21-14(2)19(23)22-20-12-15-9-10-17(24-3)18(11-15)25-4/h5-12,14,21H,1-4H3,(H,22,23)/t14-/m0/s1. The van der Waals surface area contributed by atoms with E-state index in [9.17, 15) is 4.79 Å². The van der Waals surface area contributed by atoms with Crippen LogP contribution in [0.5, 0.6) is 11.5 Å². The Labute approximate surface area is 147 Å². The molecule has 25 heavy (non-hydrogen) atoms. The van der Waals surface area contributed by atoms with Gasteiger partial charge in [0, 0.05) is 5.69 Å². The summed E-state index contributed by atoms with van der Waals surface area (Å²) in [7, 11) is 3.15. The largest absolute Gasteiger partial charge is 0.493 e. The maximum Gasteiger partial charge on any atom is 0.262 e. The molecule has 0 aliphatic heterocycles. The van der Waals surface area contributed by atoms with E-state index in [4.69, 9.17) is 9.47 Å². The predicted molar refractivity (Wildman–Crippen MR) is 99.5 cm³/mol. The van der Waals surface area contributed by atoms with Crippen LogP contribution in [0.3, 0.4) is 0 Å². The predicted octanol–water partition coefficient (Wildman–Crippen LogP) is 2.96. The number of hydrogen-bond donors (Lipinski definition) is 2. The second-order valence-electron chi connectivity index (χ2n) is 5.53. The molecule has 0 fully saturated rings. The van der Waals surface area contributed by atoms with Gasteiger partial charge in [-0.05, 0) is 49.2 Å². The minimum absolute atomic E-state index is 0.222. The van der Waals surface area contributed by atoms with Crippen LogP contribution in [-0.4, -0.2) is 32.4 Å². The number of carbonyl (C=O) groups excluding carboxylic acids is 1. The van der Waals surface area contributed by atoms with Crippen molar-refractivity contribution in [3.8, 4) is 11.5 Å². The van der Waals surface area contributed by atoms with E-state index in [-0.39, 0.29) is 5.91 Å². The van der Waals surface area contributed by atoms with Gasteiger partial charge in [0.2, 0.25) is 0 Å². The van der Waals surface area contributed by atoms with Crippen molar-refractivity contribution in [3.05, 3.63) is 53.6 Å². The number of amides is 1. The second kappa shape index (κ2) is 8.73. The van der Waals surface area contributed by atoms with E-state index >= 15 is 0 Å². The third-order valence-corrected chi connectivity index (χ3v) is 3.71. The Morgan fingerprint density at radius 1 is 1.12 bits per heavy atom. The molecule has 2 rings (SSSR count). The molecule has 6 nitrogen and oxygen atoms in total. The zero-order valence-corrected chi connectivity index (χ0v) is 14.9. The first-order valence-corrected chi connectivity index (χ1v) is 7.92. The summed E-state index contributed by atoms with van der Waals surface area (Å²) in [4.78, 5) is 12.1. The van der Waals surface area contributed by atoms with E-state index in [1.54, 1.807) is 39.5 Å². The second-order valence-corrected chi connectivity index (χ2v) is 5.53. The topological polar surface area (TPSA) is 72.0 Å². The molecule has 0 heterocycles. The molecule has 0 saturated heterocycles. The highest BCUT2D eigenvalue weighted by molar-refractivity contribution is 5.86. The number of ether oxygens (including phenoxy) is 2. The molecular formula is C19H23N3O3. The fourth-order valence-corrected chi connectivity index (χ4v) is 2.23. The first-order chi connectivity index (χ1) is 12.0. The van der Waals surface area contributed by atoms with E-state index in [1.165, 1.54) is 0 Å². The lowest BCUT2D eigenvalue weighted by Gasteiger charge is -2.15. The highest BCUT2D eigenvalue weighted by Crippen LogP contribution is 2.26. The molecule has 1 amide bonds. The summed E-state index contributed by atoms with van der Waals surface area (Å²) < 4.78 is 10.4. The summed E-state index contributed by atoms with van der Waals surface area (Å²) in [6, 6.07) is 12.8. The number of hydrazone groups is 1. The smallest absolute Gasteiger partial charge is 0.262 e. The van der Waals surface area contributed by atoms with Crippen molar-refractivity contribution in [2.75, 3.05) is 19.5 Å². The number of nitrogens with one attached hydrogen (secondary N) is 2. The lowest BCUT2D eigenvalue weighted by atomic mass is 10.2. The van der Waals surface area contributed by atoms with Gasteiger partial charge in [0.15, 0.2) is 11.5 Å². The molecule has 0 radical (unpaired) electrons. The molecule has 6 heteroatoms. The van der Waals surface area contributed by atoms with Gasteiger partial charge in [-0.2, -0.15) is 5.10 Å². The van der Waals surface area contributed by atoms with Crippen LogP contribution in [0.2, 0.25) is 0 Å². The zero-order valence-electron chi connectivity index (χ0n) is 14.9. The molecule has 2 aromatic rings. The SMILES string of the molecule is COc1ccc(C=NNC(=O)[C@H](C)Nc2ccccc2C)cc1OC. The Bertz CT molecular complexity index is 759. The molecular weight excluding hydrogens is 318 g/mol. The van der Waals surface area contributed by atoms with E-state index in [0.29, 0.717) is 11.5 Å². The van der Waals surface area contributed by atoms with E-state index in [2.05, 4.69) is 15.8 Å². The quantitative estimate of drug-likeness (QED) is 0.600. The van der Waals surface area contributed by atoms with Gasteiger partial charge in [-0.1, -0.05) is 18.2 Å². The van der Waals surface area contributed by atoms with Crippen LogP contribution in [0.4, 0.5) is 5.69 Å². The van der Waals surface area contributed by atoms with Gasteiger partial charge in [0.1, 0.15) is 6.04 Å². The fraction of sp³-hybridized carbons (Fsp3) is 0.263. The molecule has 0 aliphatic carbocycles. The molecule has 0 aromatic heterocycles. The molecule has 0 saturated carbocycles. The van der Waals surface area contributed by atoms with Crippen molar-refractivity contribution in [1.29, 1.82) is 0 Å². The summed E-state index contributed by atoms with van der Waals surface area (Å²) in [6.07, 6.45) is 1.56. The van der Waals surface area contributed by atoms with Gasteiger partial charge in [-0.15, -0.1) is 0 Å². The molecule has 2 aromatic carbocycles. The first kappa shape index (κ1) is 18.3. The van der Waals surface area contributed by atoms with Gasteiger partial charge in [-0.3, -0.25) is 4.79 Å². The maximum atomic E-state index is 12.1. The van der Waals surface area contributed by atoms with Crippen LogP contribution < -0.4 is 20.2 Å². The van der Waals surface area contributed by atoms with Crippen molar-refractivity contribution in [1.82, 2.24) is 5.43 Å². The highest BCUT2D eigenvalue weighted by atomic mass is 16.5. The minimum Gasteiger partial charge on any atom is -0.493 e. The fourth-order valence-electron chi connectivity index (χ4n) is 2.23. The summed E-state index contributed by atoms with van der Waals surface area (Å²) >= 11 is 0. The number of methoxy groups -OCH3 is 2. The molecule has 1 atom stereocenters. The number of para-hydroxylation sites is 1. The highest BCUT2D eigenvalue weighted by Gasteiger charge is 2.12. The first-order valence-electron chi connectivity index (χ1n) is 7.92. The third-order valence-electron chi connectivity index (χ3n) is 3.71. The van der Waals surface area contributed by atoms with Crippen molar-refractivity contribution >= 4 is 17.8 Å². The van der Waals surface area contributed by atoms with Crippen LogP contribution in [0.1, 0.15) is 18.1 Å². The van der Waals surface area contributed by atoms with E-state index in [0.717, 1.165) is 16.8 Å². The Morgan fingerprint density at radius 3 is 2.52 bits per heavy atom. The van der Waals surface area contributed by atoms with Gasteiger partial charge in [0.05, 0.1) is 20.4 Å². The lowest BCUT2D eigenvalue weighted by molar-refractivity contribution is -0.121. The number of hydrogen-bond acceptors (Lipinski definition) is 5. The Balaban J connectivity index is 1.95. The number of nitrogens with zero attached hydrogens (tertiary/aromatic N) is 1. The zero-order chi connectivity index (χ0) is 18.2. The number of rotatable bonds is 7. The molecule has 0 aliphatic rings. The van der Waals surface area contributed by atoms with Crippen molar-refractivity contribution in [2.24, 2.45) is 5.10 Å². The van der Waals surface area contributed by atoms with Gasteiger partial charge in [-0.25, -0.2) is 5.43 Å². The van der Waals surface area contributed by atoms with E-state index < -0.39 is 6.04 Å². The molecule has 2 N–H and O–H groups in total. The summed E-state index contributed by atoms with van der Waals surface area (Å²) in [6.45, 7) is 3.77. The number of aryl methyl sites for hydroxylation is 1. The van der Waals surface area contributed by atoms with Gasteiger partial charge < -0.3 is 14.8 Å². The van der Waals surface area contributed by atoms with Crippen molar-refractivity contribution in [3.63, 3.8) is 0 Å². The molecule has 132 valence electrons. The monoisotopic (exact) mass is 341 g/mol. The Kier molecular flexibility index (Phi) is 6.39. The molecule has 0 bridgehead atoms. The van der Waals surface area contributed by atoms with Crippen LogP contribution in [0.15, 0.2) is 47.6 Å². The summed E-state index contributed by atoms with van der Waals surface area (Å²) in [5, 5.41) is 7.17. The van der Waals surface area contributed by atoms with Crippen molar-refractivity contribution in [2.45, 2.75) is 19.9 Å². The Hall–Kier alpha value is -3.02. The number of benzene rings is 2. The summed E-state index contributed by atoms with van der Waals surface area (Å²) in [5.41, 5.74) is 5.33. The lowest BCUT2D eigenvalue weighted by Crippen LogP contribution is -2.35. The Morgan fingerprint density at radius 2 is 1.84 bits per heavy atom. The van der Waals surface area contributed by atoms with Crippen LogP contribution in [0, 0.1) is 6.92 Å². The normalized spacial score (nSPS) is 11.8. The van der Waals surface area contributed by atoms with Crippen molar-refractivity contribution < 1.29 is 14.3 Å². The third kappa shape index (κ3) is 4.97. The minimum atomic E-state index is -0.413. The number of carbonyl (C=O) groups is 1. The molecule has 0 unspecified atom stereocenters. The van der Waals surface area contributed by atoms with Gasteiger partial charge >= 0.3 is 0 Å². The van der Waals surface area contributed by atoms with Crippen LogP contribution in [-0.2, 0) is 4.79 Å².